The molecular formula is C15H24N8O. The standard InChI is InChI=1S/C15H24N8O/c1-4-6-7-11-12(13(16)23(21-11)8-5-2)19-20-15-10(14(17)24)9-18-22(15)3/h9H,4-8,16H2,1-3H3,(H2,17,24). The molecule has 0 saturated carbocycles. The van der Waals surface area contributed by atoms with Crippen molar-refractivity contribution in [3.8, 4) is 0 Å². The molecule has 0 radical (unpaired) electrons. The van der Waals surface area contributed by atoms with Crippen LogP contribution in [-0.2, 0) is 20.0 Å². The number of amides is 1. The molecule has 2 aromatic heterocycles. The van der Waals surface area contributed by atoms with E-state index in [0.717, 1.165) is 37.9 Å². The van der Waals surface area contributed by atoms with Crippen molar-refractivity contribution in [1.82, 2.24) is 19.6 Å². The normalized spacial score (nSPS) is 11.5. The van der Waals surface area contributed by atoms with Crippen molar-refractivity contribution in [3.63, 3.8) is 0 Å². The summed E-state index contributed by atoms with van der Waals surface area (Å²) in [5, 5.41) is 16.9. The lowest BCUT2D eigenvalue weighted by Crippen LogP contribution is -2.10. The molecule has 0 saturated heterocycles. The number of hydrogen-bond donors (Lipinski definition) is 2. The molecule has 2 aromatic rings. The molecule has 0 fully saturated rings. The van der Waals surface area contributed by atoms with Crippen molar-refractivity contribution >= 4 is 23.2 Å². The Balaban J connectivity index is 2.40. The van der Waals surface area contributed by atoms with Gasteiger partial charge in [0, 0.05) is 13.6 Å². The Morgan fingerprint density at radius 1 is 1.29 bits per heavy atom. The second-order valence-corrected chi connectivity index (χ2v) is 5.58. The maximum atomic E-state index is 11.4. The van der Waals surface area contributed by atoms with E-state index in [1.165, 1.54) is 10.9 Å². The first-order chi connectivity index (χ1) is 11.5. The highest BCUT2D eigenvalue weighted by atomic mass is 16.1. The number of aryl methyl sites for hydroxylation is 3. The number of azo groups is 1. The predicted octanol–water partition coefficient (Wildman–Crippen LogP) is 2.47. The molecular weight excluding hydrogens is 308 g/mol. The van der Waals surface area contributed by atoms with E-state index in [1.54, 1.807) is 11.7 Å². The quantitative estimate of drug-likeness (QED) is 0.719. The lowest BCUT2D eigenvalue weighted by molar-refractivity contribution is 0.100. The Morgan fingerprint density at radius 3 is 2.67 bits per heavy atom. The number of unbranched alkanes of at least 4 members (excludes halogenated alkanes) is 1. The van der Waals surface area contributed by atoms with E-state index in [9.17, 15) is 4.79 Å². The molecule has 0 atom stereocenters. The fourth-order valence-electron chi connectivity index (χ4n) is 2.34. The van der Waals surface area contributed by atoms with Crippen LogP contribution in [-0.4, -0.2) is 25.5 Å². The third-order valence-corrected chi connectivity index (χ3v) is 3.66. The van der Waals surface area contributed by atoms with Crippen molar-refractivity contribution in [1.29, 1.82) is 0 Å². The van der Waals surface area contributed by atoms with Crippen molar-refractivity contribution < 1.29 is 4.79 Å². The summed E-state index contributed by atoms with van der Waals surface area (Å²) < 4.78 is 3.19. The minimum absolute atomic E-state index is 0.218. The van der Waals surface area contributed by atoms with E-state index in [1.807, 2.05) is 0 Å². The molecule has 0 aliphatic heterocycles. The van der Waals surface area contributed by atoms with E-state index in [2.05, 4.69) is 34.3 Å². The molecule has 0 bridgehead atoms. The van der Waals surface area contributed by atoms with E-state index in [-0.39, 0.29) is 5.56 Å². The van der Waals surface area contributed by atoms with Gasteiger partial charge in [0.2, 0.25) is 0 Å². The fraction of sp³-hybridized carbons (Fsp3) is 0.533. The van der Waals surface area contributed by atoms with Crippen molar-refractivity contribution in [2.75, 3.05) is 5.73 Å². The SMILES string of the molecule is CCCCc1nn(CCC)c(N)c1N=Nc1c(C(N)=O)cnn1C. The molecule has 2 heterocycles. The Morgan fingerprint density at radius 2 is 2.04 bits per heavy atom. The number of primary amides is 1. The van der Waals surface area contributed by atoms with Crippen LogP contribution in [0.4, 0.5) is 17.3 Å². The summed E-state index contributed by atoms with van der Waals surface area (Å²) in [6.07, 6.45) is 5.11. The maximum absolute atomic E-state index is 11.4. The topological polar surface area (TPSA) is 129 Å². The molecule has 9 heteroatoms. The van der Waals surface area contributed by atoms with E-state index >= 15 is 0 Å². The summed E-state index contributed by atoms with van der Waals surface area (Å²) in [6.45, 7) is 4.89. The van der Waals surface area contributed by atoms with E-state index in [4.69, 9.17) is 11.5 Å². The first-order valence-corrected chi connectivity index (χ1v) is 8.08. The summed E-state index contributed by atoms with van der Waals surface area (Å²) in [7, 11) is 1.67. The molecule has 0 aromatic carbocycles. The summed E-state index contributed by atoms with van der Waals surface area (Å²) in [6, 6.07) is 0. The van der Waals surface area contributed by atoms with Crippen molar-refractivity contribution in [3.05, 3.63) is 17.5 Å². The third-order valence-electron chi connectivity index (χ3n) is 3.66. The minimum atomic E-state index is -0.599. The fourth-order valence-corrected chi connectivity index (χ4v) is 2.34. The van der Waals surface area contributed by atoms with Gasteiger partial charge in [-0.1, -0.05) is 20.3 Å². The van der Waals surface area contributed by atoms with Crippen LogP contribution in [0, 0.1) is 0 Å². The molecule has 0 aliphatic rings. The van der Waals surface area contributed by atoms with Crippen LogP contribution in [0.3, 0.4) is 0 Å². The highest BCUT2D eigenvalue weighted by Gasteiger charge is 2.17. The maximum Gasteiger partial charge on any atom is 0.254 e. The minimum Gasteiger partial charge on any atom is -0.382 e. The van der Waals surface area contributed by atoms with Crippen LogP contribution in [0.1, 0.15) is 49.2 Å². The Hall–Kier alpha value is -2.71. The van der Waals surface area contributed by atoms with Crippen LogP contribution in [0.25, 0.3) is 0 Å². The predicted molar refractivity (Wildman–Crippen MR) is 91.4 cm³/mol. The number of anilines is 1. The van der Waals surface area contributed by atoms with Gasteiger partial charge in [-0.15, -0.1) is 10.2 Å². The molecule has 2 rings (SSSR count). The summed E-state index contributed by atoms with van der Waals surface area (Å²) in [5.41, 5.74) is 13.1. The molecule has 0 spiro atoms. The smallest absolute Gasteiger partial charge is 0.254 e. The zero-order valence-electron chi connectivity index (χ0n) is 14.4. The number of aromatic nitrogens is 4. The van der Waals surface area contributed by atoms with Crippen LogP contribution < -0.4 is 11.5 Å². The van der Waals surface area contributed by atoms with Gasteiger partial charge in [-0.3, -0.25) is 4.79 Å². The number of nitrogen functional groups attached to an aromatic ring is 1. The van der Waals surface area contributed by atoms with Crippen LogP contribution in [0.5, 0.6) is 0 Å². The Bertz CT molecular complexity index is 743. The summed E-state index contributed by atoms with van der Waals surface area (Å²) >= 11 is 0. The van der Waals surface area contributed by atoms with E-state index in [0.29, 0.717) is 17.3 Å². The van der Waals surface area contributed by atoms with Gasteiger partial charge in [0.15, 0.2) is 11.5 Å². The van der Waals surface area contributed by atoms with Gasteiger partial charge in [0.25, 0.3) is 5.91 Å². The van der Waals surface area contributed by atoms with Crippen LogP contribution in [0.15, 0.2) is 16.4 Å². The monoisotopic (exact) mass is 332 g/mol. The summed E-state index contributed by atoms with van der Waals surface area (Å²) in [4.78, 5) is 11.4. The van der Waals surface area contributed by atoms with Crippen molar-refractivity contribution in [2.45, 2.75) is 46.1 Å². The van der Waals surface area contributed by atoms with Gasteiger partial charge in [0.1, 0.15) is 11.4 Å². The molecule has 9 nitrogen and oxygen atoms in total. The number of rotatable bonds is 8. The Kier molecular flexibility index (Phi) is 5.67. The zero-order valence-corrected chi connectivity index (χ0v) is 14.4. The van der Waals surface area contributed by atoms with Gasteiger partial charge in [0.05, 0.1) is 11.9 Å². The van der Waals surface area contributed by atoms with Gasteiger partial charge >= 0.3 is 0 Å². The van der Waals surface area contributed by atoms with Crippen molar-refractivity contribution in [2.24, 2.45) is 23.0 Å². The Labute approximate surface area is 140 Å². The molecule has 1 amide bonds. The number of hydrogen-bond acceptors (Lipinski definition) is 6. The third kappa shape index (κ3) is 3.61. The number of carbonyl (C=O) groups excluding carboxylic acids is 1. The average molecular weight is 332 g/mol. The molecule has 4 N–H and O–H groups in total. The van der Waals surface area contributed by atoms with Crippen LogP contribution in [0.2, 0.25) is 0 Å². The zero-order chi connectivity index (χ0) is 17.7. The average Bonchev–Trinajstić information content (AvgIpc) is 3.05. The van der Waals surface area contributed by atoms with Gasteiger partial charge in [-0.2, -0.15) is 10.2 Å². The highest BCUT2D eigenvalue weighted by molar-refractivity contribution is 5.96. The van der Waals surface area contributed by atoms with E-state index < -0.39 is 5.91 Å². The van der Waals surface area contributed by atoms with Crippen LogP contribution >= 0.6 is 0 Å². The lowest BCUT2D eigenvalue weighted by Gasteiger charge is -2.00. The van der Waals surface area contributed by atoms with Gasteiger partial charge < -0.3 is 11.5 Å². The number of nitrogens with zero attached hydrogens (tertiary/aromatic N) is 6. The largest absolute Gasteiger partial charge is 0.382 e. The second-order valence-electron chi connectivity index (χ2n) is 5.58. The lowest BCUT2D eigenvalue weighted by atomic mass is 10.2. The van der Waals surface area contributed by atoms with Gasteiger partial charge in [-0.25, -0.2) is 9.36 Å². The molecule has 0 aliphatic carbocycles. The molecule has 0 unspecified atom stereocenters. The first-order valence-electron chi connectivity index (χ1n) is 8.08. The highest BCUT2D eigenvalue weighted by Crippen LogP contribution is 2.31. The molecule has 130 valence electrons. The number of carbonyl (C=O) groups is 1. The molecule has 24 heavy (non-hydrogen) atoms. The van der Waals surface area contributed by atoms with Gasteiger partial charge in [-0.05, 0) is 19.3 Å². The number of nitrogens with two attached hydrogens (primary N) is 2. The first kappa shape index (κ1) is 17.6. The summed E-state index contributed by atoms with van der Waals surface area (Å²) in [5.74, 6) is 0.180. The second kappa shape index (κ2) is 7.71.